The van der Waals surface area contributed by atoms with Crippen LogP contribution >= 0.6 is 11.6 Å². The van der Waals surface area contributed by atoms with E-state index in [1.54, 1.807) is 6.07 Å². The van der Waals surface area contributed by atoms with Gasteiger partial charge >= 0.3 is 11.9 Å². The van der Waals surface area contributed by atoms with Gasteiger partial charge < -0.3 is 14.5 Å². The molecule has 3 rings (SSSR count). The highest BCUT2D eigenvalue weighted by Gasteiger charge is 2.21. The van der Waals surface area contributed by atoms with E-state index in [4.69, 9.17) is 16.1 Å². The van der Waals surface area contributed by atoms with Gasteiger partial charge in [-0.15, -0.1) is 0 Å². The maximum absolute atomic E-state index is 12.3. The van der Waals surface area contributed by atoms with E-state index in [1.807, 2.05) is 42.5 Å². The van der Waals surface area contributed by atoms with Crippen LogP contribution in [0.3, 0.4) is 0 Å². The van der Waals surface area contributed by atoms with Crippen LogP contribution in [-0.4, -0.2) is 38.6 Å². The van der Waals surface area contributed by atoms with Gasteiger partial charge in [0.2, 0.25) is 0 Å². The topological polar surface area (TPSA) is 96.5 Å². The average Bonchev–Trinajstić information content (AvgIpc) is 3.33. The Hall–Kier alpha value is -3.19. The molecule has 0 spiro atoms. The smallest absolute Gasteiger partial charge is 0.394 e. The van der Waals surface area contributed by atoms with Crippen LogP contribution in [0.4, 0.5) is 0 Å². The number of carbonyl (C=O) groups excluding carboxylic acids is 1. The lowest BCUT2D eigenvalue weighted by Crippen LogP contribution is -2.37. The van der Waals surface area contributed by atoms with Crippen molar-refractivity contribution in [2.45, 2.75) is 64.8 Å². The molecule has 186 valence electrons. The summed E-state index contributed by atoms with van der Waals surface area (Å²) < 4.78 is 5.42. The molecule has 1 amide bonds. The van der Waals surface area contributed by atoms with E-state index in [2.05, 4.69) is 17.1 Å². The van der Waals surface area contributed by atoms with Gasteiger partial charge in [0, 0.05) is 30.1 Å². The average molecular weight is 498 g/mol. The molecule has 0 aliphatic heterocycles. The zero-order valence-electron chi connectivity index (χ0n) is 20.1. The van der Waals surface area contributed by atoms with Gasteiger partial charge in [-0.2, -0.15) is 4.98 Å². The van der Waals surface area contributed by atoms with Crippen LogP contribution in [0.5, 0.6) is 0 Å². The number of hydrogen-bond donors (Lipinski definition) is 1. The van der Waals surface area contributed by atoms with Crippen molar-refractivity contribution < 1.29 is 19.2 Å². The van der Waals surface area contributed by atoms with E-state index in [9.17, 15) is 14.7 Å². The fraction of sp³-hybridized carbons (Fsp3) is 0.407. The van der Waals surface area contributed by atoms with Crippen molar-refractivity contribution in [2.24, 2.45) is 0 Å². The molecule has 35 heavy (non-hydrogen) atoms. The van der Waals surface area contributed by atoms with E-state index < -0.39 is 11.9 Å². The van der Waals surface area contributed by atoms with E-state index in [0.29, 0.717) is 23.2 Å². The third-order valence-corrected chi connectivity index (χ3v) is 6.06. The zero-order chi connectivity index (χ0) is 25.0. The minimum atomic E-state index is -1.48. The van der Waals surface area contributed by atoms with Crippen LogP contribution in [0.1, 0.15) is 62.4 Å². The number of amides is 1. The van der Waals surface area contributed by atoms with Crippen LogP contribution in [0.15, 0.2) is 53.1 Å². The number of aromatic nitrogens is 2. The van der Waals surface area contributed by atoms with Crippen LogP contribution < -0.4 is 0 Å². The van der Waals surface area contributed by atoms with Crippen molar-refractivity contribution in [3.63, 3.8) is 0 Å². The second-order valence-corrected chi connectivity index (χ2v) is 9.08. The zero-order valence-corrected chi connectivity index (χ0v) is 20.8. The highest BCUT2D eigenvalue weighted by molar-refractivity contribution is 6.31. The minimum Gasteiger partial charge on any atom is -0.474 e. The SMILES string of the molecule is CCCCCCCCc1noc(-c2ccc(CN(CCc3cccc(Cl)c3)C(=O)C(=O)O)cc2)n1. The van der Waals surface area contributed by atoms with Gasteiger partial charge in [-0.3, -0.25) is 4.79 Å². The molecule has 0 fully saturated rings. The Bertz CT molecular complexity index is 1100. The Balaban J connectivity index is 1.57. The number of hydrogen-bond acceptors (Lipinski definition) is 5. The number of carboxylic acids is 1. The number of halogens is 1. The summed E-state index contributed by atoms with van der Waals surface area (Å²) in [7, 11) is 0. The van der Waals surface area contributed by atoms with Gasteiger partial charge in [-0.25, -0.2) is 4.79 Å². The predicted molar refractivity (Wildman–Crippen MR) is 135 cm³/mol. The van der Waals surface area contributed by atoms with E-state index >= 15 is 0 Å². The highest BCUT2D eigenvalue weighted by atomic mass is 35.5. The van der Waals surface area contributed by atoms with Crippen LogP contribution in [-0.2, 0) is 29.0 Å². The Morgan fingerprint density at radius 2 is 1.71 bits per heavy atom. The molecule has 0 saturated carbocycles. The first-order valence-corrected chi connectivity index (χ1v) is 12.5. The quantitative estimate of drug-likeness (QED) is 0.231. The van der Waals surface area contributed by atoms with Crippen LogP contribution in [0.2, 0.25) is 5.02 Å². The van der Waals surface area contributed by atoms with E-state index in [-0.39, 0.29) is 13.1 Å². The maximum atomic E-state index is 12.3. The highest BCUT2D eigenvalue weighted by Crippen LogP contribution is 2.20. The second kappa shape index (κ2) is 13.6. The predicted octanol–water partition coefficient (Wildman–Crippen LogP) is 5.95. The van der Waals surface area contributed by atoms with Gasteiger partial charge in [-0.05, 0) is 48.2 Å². The minimum absolute atomic E-state index is 0.180. The molecule has 0 bridgehead atoms. The molecule has 7 nitrogen and oxygen atoms in total. The first-order chi connectivity index (χ1) is 17.0. The summed E-state index contributed by atoms with van der Waals surface area (Å²) in [6.07, 6.45) is 8.55. The molecule has 8 heteroatoms. The molecule has 0 unspecified atom stereocenters. The van der Waals surface area contributed by atoms with Crippen molar-refractivity contribution in [2.75, 3.05) is 6.54 Å². The van der Waals surface area contributed by atoms with Crippen LogP contribution in [0.25, 0.3) is 11.5 Å². The molecular formula is C27H32ClN3O4. The molecule has 3 aromatic rings. The molecule has 0 radical (unpaired) electrons. The van der Waals surface area contributed by atoms with Gasteiger partial charge in [-0.1, -0.05) is 80.1 Å². The molecular weight excluding hydrogens is 466 g/mol. The largest absolute Gasteiger partial charge is 0.474 e. The molecule has 0 aliphatic carbocycles. The number of unbranched alkanes of at least 4 members (excludes halogenated alkanes) is 5. The Morgan fingerprint density at radius 1 is 0.971 bits per heavy atom. The number of nitrogens with zero attached hydrogens (tertiary/aromatic N) is 3. The summed E-state index contributed by atoms with van der Waals surface area (Å²) in [5, 5.41) is 13.9. The van der Waals surface area contributed by atoms with Gasteiger partial charge in [0.1, 0.15) is 0 Å². The molecule has 0 aliphatic rings. The first kappa shape index (κ1) is 26.4. The van der Waals surface area contributed by atoms with Crippen LogP contribution in [0, 0.1) is 0 Å². The Labute approximate surface area is 211 Å². The number of carbonyl (C=O) groups is 2. The lowest BCUT2D eigenvalue weighted by atomic mass is 10.1. The van der Waals surface area contributed by atoms with E-state index in [1.165, 1.54) is 37.0 Å². The summed E-state index contributed by atoms with van der Waals surface area (Å²) in [5.41, 5.74) is 2.52. The summed E-state index contributed by atoms with van der Waals surface area (Å²) >= 11 is 6.03. The molecule has 0 saturated heterocycles. The van der Waals surface area contributed by atoms with Crippen molar-refractivity contribution in [1.29, 1.82) is 0 Å². The summed E-state index contributed by atoms with van der Waals surface area (Å²) in [6, 6.07) is 14.7. The fourth-order valence-electron chi connectivity index (χ4n) is 3.85. The number of aliphatic carboxylic acids is 1. The van der Waals surface area contributed by atoms with Crippen molar-refractivity contribution in [3.8, 4) is 11.5 Å². The monoisotopic (exact) mass is 497 g/mol. The second-order valence-electron chi connectivity index (χ2n) is 8.64. The molecule has 1 N–H and O–H groups in total. The normalized spacial score (nSPS) is 10.9. The number of rotatable bonds is 13. The molecule has 1 heterocycles. The number of aryl methyl sites for hydroxylation is 1. The summed E-state index contributed by atoms with van der Waals surface area (Å²) in [4.78, 5) is 29.4. The molecule has 0 atom stereocenters. The number of benzene rings is 2. The van der Waals surface area contributed by atoms with Crippen molar-refractivity contribution >= 4 is 23.5 Å². The third-order valence-electron chi connectivity index (χ3n) is 5.83. The standard InChI is InChI=1S/C27H32ClN3O4/c1-2-3-4-5-6-7-11-24-29-25(35-30-24)22-14-12-21(13-15-22)19-31(26(32)27(33)34)17-16-20-9-8-10-23(28)18-20/h8-10,12-15,18H,2-7,11,16-17,19H2,1H3,(H,33,34). The third kappa shape index (κ3) is 8.51. The fourth-order valence-corrected chi connectivity index (χ4v) is 4.07. The first-order valence-electron chi connectivity index (χ1n) is 12.1. The van der Waals surface area contributed by atoms with E-state index in [0.717, 1.165) is 29.5 Å². The lowest BCUT2D eigenvalue weighted by molar-refractivity contribution is -0.156. The molecule has 1 aromatic heterocycles. The summed E-state index contributed by atoms with van der Waals surface area (Å²) in [6.45, 7) is 2.65. The Morgan fingerprint density at radius 3 is 2.43 bits per heavy atom. The number of carboxylic acid groups (broad SMARTS) is 1. The van der Waals surface area contributed by atoms with Crippen molar-refractivity contribution in [3.05, 3.63) is 70.5 Å². The van der Waals surface area contributed by atoms with Crippen molar-refractivity contribution in [1.82, 2.24) is 15.0 Å². The molecule has 2 aromatic carbocycles. The Kier molecular flexibility index (Phi) is 10.3. The maximum Gasteiger partial charge on any atom is 0.394 e. The van der Waals surface area contributed by atoms with Gasteiger partial charge in [0.15, 0.2) is 5.82 Å². The lowest BCUT2D eigenvalue weighted by Gasteiger charge is -2.21. The van der Waals surface area contributed by atoms with Gasteiger partial charge in [0.25, 0.3) is 5.89 Å². The summed E-state index contributed by atoms with van der Waals surface area (Å²) in [5.74, 6) is -1.25. The van der Waals surface area contributed by atoms with Gasteiger partial charge in [0.05, 0.1) is 0 Å².